The second-order valence-corrected chi connectivity index (χ2v) is 12.1. The zero-order valence-corrected chi connectivity index (χ0v) is 24.1. The highest BCUT2D eigenvalue weighted by Crippen LogP contribution is 2.51. The Hall–Kier alpha value is -5.41. The molecule has 0 saturated heterocycles. The summed E-state index contributed by atoms with van der Waals surface area (Å²) in [7, 11) is 0. The molecule has 204 valence electrons. The minimum atomic E-state index is -0.111. The van der Waals surface area contributed by atoms with E-state index in [1.165, 1.54) is 55.2 Å². The molecule has 2 aliphatic rings. The standard InChI is InChI=1S/C40H29N3/c1-40(2)33-17-9-7-15-28(33)32-25-41-38(24-34(32)40)43-35-18-10-6-12-26(35)20-21-31-37(43)23-22-30-29-16-8-11-19-36(29)42(39(30)31)27-13-4-3-5-14-27/h3-25H,1-2H3. The van der Waals surface area contributed by atoms with Gasteiger partial charge in [-0.2, -0.15) is 0 Å². The van der Waals surface area contributed by atoms with Crippen LogP contribution in [0.2, 0.25) is 0 Å². The summed E-state index contributed by atoms with van der Waals surface area (Å²) in [6.45, 7) is 4.66. The van der Waals surface area contributed by atoms with Crippen molar-refractivity contribution < 1.29 is 0 Å². The van der Waals surface area contributed by atoms with Gasteiger partial charge in [0.2, 0.25) is 0 Å². The average molecular weight is 552 g/mol. The molecule has 5 aromatic carbocycles. The van der Waals surface area contributed by atoms with Crippen LogP contribution in [0.1, 0.15) is 36.1 Å². The van der Waals surface area contributed by atoms with Crippen molar-refractivity contribution in [3.8, 4) is 16.8 Å². The molecule has 43 heavy (non-hydrogen) atoms. The van der Waals surface area contributed by atoms with E-state index in [1.807, 2.05) is 0 Å². The summed E-state index contributed by atoms with van der Waals surface area (Å²) in [6, 6.07) is 43.7. The van der Waals surface area contributed by atoms with Crippen LogP contribution in [0.3, 0.4) is 0 Å². The number of fused-ring (bicyclic) bond motifs is 9. The van der Waals surface area contributed by atoms with Crippen molar-refractivity contribution in [2.75, 3.05) is 4.90 Å². The van der Waals surface area contributed by atoms with Crippen LogP contribution in [-0.4, -0.2) is 9.55 Å². The van der Waals surface area contributed by atoms with Gasteiger partial charge in [-0.3, -0.25) is 4.90 Å². The minimum absolute atomic E-state index is 0.111. The van der Waals surface area contributed by atoms with Gasteiger partial charge >= 0.3 is 0 Å². The molecule has 3 nitrogen and oxygen atoms in total. The lowest BCUT2D eigenvalue weighted by Gasteiger charge is -2.28. The number of nitrogens with zero attached hydrogens (tertiary/aromatic N) is 3. The van der Waals surface area contributed by atoms with E-state index in [0.29, 0.717) is 0 Å². The largest absolute Gasteiger partial charge is 0.309 e. The fourth-order valence-electron chi connectivity index (χ4n) is 7.37. The molecule has 3 heterocycles. The SMILES string of the molecule is CC1(C)c2ccccc2-c2cnc(N3c4ccccc4C=Cc4c3ccc3c5ccccc5n(-c5ccccc5)c43)cc21. The Balaban J connectivity index is 1.36. The normalized spacial score (nSPS) is 14.3. The van der Waals surface area contributed by atoms with E-state index in [-0.39, 0.29) is 5.41 Å². The Labute approximate surface area is 251 Å². The lowest BCUT2D eigenvalue weighted by atomic mass is 9.82. The van der Waals surface area contributed by atoms with E-state index in [0.717, 1.165) is 22.9 Å². The molecule has 2 aromatic heterocycles. The molecule has 1 aliphatic heterocycles. The van der Waals surface area contributed by atoms with Gasteiger partial charge in [0.25, 0.3) is 0 Å². The molecular weight excluding hydrogens is 522 g/mol. The van der Waals surface area contributed by atoms with Gasteiger partial charge in [-0.15, -0.1) is 0 Å². The second kappa shape index (κ2) is 8.80. The van der Waals surface area contributed by atoms with E-state index in [4.69, 9.17) is 4.98 Å². The van der Waals surface area contributed by atoms with E-state index in [2.05, 4.69) is 163 Å². The molecule has 1 aliphatic carbocycles. The van der Waals surface area contributed by atoms with Crippen molar-refractivity contribution in [2.45, 2.75) is 19.3 Å². The second-order valence-electron chi connectivity index (χ2n) is 12.1. The zero-order valence-electron chi connectivity index (χ0n) is 24.1. The molecule has 3 heteroatoms. The molecule has 0 spiro atoms. The molecule has 0 N–H and O–H groups in total. The van der Waals surface area contributed by atoms with Crippen LogP contribution in [0.25, 0.3) is 50.8 Å². The van der Waals surface area contributed by atoms with Gasteiger partial charge in [-0.1, -0.05) is 111 Å². The number of benzene rings is 5. The summed E-state index contributed by atoms with van der Waals surface area (Å²) in [6.07, 6.45) is 6.63. The highest BCUT2D eigenvalue weighted by molar-refractivity contribution is 6.15. The predicted octanol–water partition coefficient (Wildman–Crippen LogP) is 10.4. The van der Waals surface area contributed by atoms with Crippen LogP contribution in [0.15, 0.2) is 128 Å². The molecule has 7 aromatic rings. The van der Waals surface area contributed by atoms with Crippen molar-refractivity contribution >= 4 is 51.2 Å². The first kappa shape index (κ1) is 24.2. The fourth-order valence-corrected chi connectivity index (χ4v) is 7.37. The van der Waals surface area contributed by atoms with Crippen LogP contribution in [0.4, 0.5) is 17.2 Å². The minimum Gasteiger partial charge on any atom is -0.309 e. The van der Waals surface area contributed by atoms with Gasteiger partial charge in [-0.25, -0.2) is 4.98 Å². The average Bonchev–Trinajstić information content (AvgIpc) is 3.43. The van der Waals surface area contributed by atoms with Crippen LogP contribution in [-0.2, 0) is 5.41 Å². The molecular formula is C40H29N3. The smallest absolute Gasteiger partial charge is 0.137 e. The van der Waals surface area contributed by atoms with Crippen molar-refractivity contribution in [1.29, 1.82) is 0 Å². The van der Waals surface area contributed by atoms with E-state index in [9.17, 15) is 0 Å². The summed E-state index contributed by atoms with van der Waals surface area (Å²) in [5, 5.41) is 2.49. The lowest BCUT2D eigenvalue weighted by molar-refractivity contribution is 0.659. The number of hydrogen-bond acceptors (Lipinski definition) is 2. The molecule has 0 radical (unpaired) electrons. The van der Waals surface area contributed by atoms with Gasteiger partial charge in [0.15, 0.2) is 0 Å². The molecule has 0 amide bonds. The Morgan fingerprint density at radius 3 is 2.28 bits per heavy atom. The predicted molar refractivity (Wildman–Crippen MR) is 180 cm³/mol. The maximum Gasteiger partial charge on any atom is 0.137 e. The number of pyridine rings is 1. The third-order valence-electron chi connectivity index (χ3n) is 9.40. The third-order valence-corrected chi connectivity index (χ3v) is 9.40. The van der Waals surface area contributed by atoms with Crippen LogP contribution >= 0.6 is 0 Å². The number of anilines is 3. The van der Waals surface area contributed by atoms with E-state index >= 15 is 0 Å². The molecule has 0 atom stereocenters. The Bertz CT molecular complexity index is 2270. The number of para-hydroxylation sites is 3. The monoisotopic (exact) mass is 551 g/mol. The lowest BCUT2D eigenvalue weighted by Crippen LogP contribution is -2.18. The molecule has 0 fully saturated rings. The Morgan fingerprint density at radius 1 is 0.605 bits per heavy atom. The topological polar surface area (TPSA) is 21.1 Å². The van der Waals surface area contributed by atoms with Crippen molar-refractivity contribution in [3.63, 3.8) is 0 Å². The van der Waals surface area contributed by atoms with Crippen LogP contribution in [0.5, 0.6) is 0 Å². The van der Waals surface area contributed by atoms with Gasteiger partial charge in [0.1, 0.15) is 5.82 Å². The highest BCUT2D eigenvalue weighted by atomic mass is 15.2. The Morgan fingerprint density at radius 2 is 1.37 bits per heavy atom. The van der Waals surface area contributed by atoms with Crippen molar-refractivity contribution in [3.05, 3.63) is 150 Å². The van der Waals surface area contributed by atoms with Crippen molar-refractivity contribution in [1.82, 2.24) is 9.55 Å². The maximum atomic E-state index is 5.17. The zero-order chi connectivity index (χ0) is 28.7. The van der Waals surface area contributed by atoms with Crippen LogP contribution < -0.4 is 4.90 Å². The first-order valence-electron chi connectivity index (χ1n) is 14.9. The summed E-state index contributed by atoms with van der Waals surface area (Å²) in [5.74, 6) is 0.929. The highest BCUT2D eigenvalue weighted by Gasteiger charge is 2.36. The summed E-state index contributed by atoms with van der Waals surface area (Å²) in [5.41, 5.74) is 13.2. The number of rotatable bonds is 2. The van der Waals surface area contributed by atoms with E-state index < -0.39 is 0 Å². The van der Waals surface area contributed by atoms with E-state index in [1.54, 1.807) is 0 Å². The molecule has 0 saturated carbocycles. The molecule has 9 rings (SSSR count). The Kier molecular flexibility index (Phi) is 4.95. The first-order valence-corrected chi connectivity index (χ1v) is 14.9. The number of hydrogen-bond donors (Lipinski definition) is 0. The van der Waals surface area contributed by atoms with Gasteiger partial charge in [-0.05, 0) is 58.7 Å². The summed E-state index contributed by atoms with van der Waals surface area (Å²) in [4.78, 5) is 7.53. The first-order chi connectivity index (χ1) is 21.1. The number of aromatic nitrogens is 2. The van der Waals surface area contributed by atoms with Crippen LogP contribution in [0, 0.1) is 0 Å². The summed E-state index contributed by atoms with van der Waals surface area (Å²) < 4.78 is 2.41. The fraction of sp³-hybridized carbons (Fsp3) is 0.0750. The van der Waals surface area contributed by atoms with Gasteiger partial charge in [0.05, 0.1) is 22.4 Å². The quantitative estimate of drug-likeness (QED) is 0.213. The maximum absolute atomic E-state index is 5.17. The molecule has 0 unspecified atom stereocenters. The van der Waals surface area contributed by atoms with Gasteiger partial charge < -0.3 is 4.57 Å². The van der Waals surface area contributed by atoms with Gasteiger partial charge in [0, 0.05) is 39.2 Å². The summed E-state index contributed by atoms with van der Waals surface area (Å²) >= 11 is 0. The third kappa shape index (κ3) is 3.33. The molecule has 0 bridgehead atoms. The van der Waals surface area contributed by atoms with Crippen molar-refractivity contribution in [2.24, 2.45) is 0 Å².